The van der Waals surface area contributed by atoms with Gasteiger partial charge in [0.05, 0.1) is 22.2 Å². The number of rotatable bonds is 7. The van der Waals surface area contributed by atoms with Gasteiger partial charge in [0, 0.05) is 30.5 Å². The summed E-state index contributed by atoms with van der Waals surface area (Å²) in [6, 6.07) is 13.5. The first-order valence-electron chi connectivity index (χ1n) is 9.34. The zero-order valence-corrected chi connectivity index (χ0v) is 17.9. The van der Waals surface area contributed by atoms with Gasteiger partial charge in [0.1, 0.15) is 0 Å². The largest absolute Gasteiger partial charge is 0.416 e. The molecule has 0 unspecified atom stereocenters. The molecule has 0 spiro atoms. The highest BCUT2D eigenvalue weighted by molar-refractivity contribution is 6.42. The molecule has 0 aliphatic heterocycles. The summed E-state index contributed by atoms with van der Waals surface area (Å²) >= 11 is 12.0. The lowest BCUT2D eigenvalue weighted by Gasteiger charge is -2.23. The van der Waals surface area contributed by atoms with Crippen molar-refractivity contribution in [3.63, 3.8) is 0 Å². The van der Waals surface area contributed by atoms with Gasteiger partial charge in [-0.25, -0.2) is 0 Å². The molecular weight excluding hydrogens is 448 g/mol. The van der Waals surface area contributed by atoms with E-state index in [-0.39, 0.29) is 30.6 Å². The fraction of sp³-hybridized carbons (Fsp3) is 0.174. The molecule has 0 saturated heterocycles. The third kappa shape index (κ3) is 5.71. The number of carbonyl (C=O) groups is 1. The first-order chi connectivity index (χ1) is 14.7. The molecule has 1 heterocycles. The Bertz CT molecular complexity index is 1090. The smallest absolute Gasteiger partial charge is 0.345 e. The molecule has 0 N–H and O–H groups in total. The maximum absolute atomic E-state index is 13.0. The van der Waals surface area contributed by atoms with Gasteiger partial charge in [-0.2, -0.15) is 13.2 Å². The lowest BCUT2D eigenvalue weighted by molar-refractivity contribution is -0.137. The zero-order chi connectivity index (χ0) is 22.6. The van der Waals surface area contributed by atoms with Crippen molar-refractivity contribution < 1.29 is 18.0 Å². The minimum atomic E-state index is -4.40. The van der Waals surface area contributed by atoms with Gasteiger partial charge >= 0.3 is 6.18 Å². The van der Waals surface area contributed by atoms with Crippen molar-refractivity contribution in [2.75, 3.05) is 6.54 Å². The Morgan fingerprint density at radius 3 is 2.52 bits per heavy atom. The number of amides is 1. The molecule has 3 aromatic rings. The van der Waals surface area contributed by atoms with Crippen LogP contribution >= 0.6 is 23.2 Å². The number of halogens is 5. The number of carbonyl (C=O) groups excluding carboxylic acids is 1. The monoisotopic (exact) mass is 466 g/mol. The highest BCUT2D eigenvalue weighted by atomic mass is 35.5. The summed E-state index contributed by atoms with van der Waals surface area (Å²) in [5.74, 6) is -0.259. The molecule has 2 aromatic carbocycles. The topological polar surface area (TPSA) is 25.2 Å². The number of alkyl halides is 3. The second-order valence-corrected chi connectivity index (χ2v) is 7.74. The van der Waals surface area contributed by atoms with Crippen LogP contribution in [0.25, 0.3) is 0 Å². The molecule has 0 fully saturated rings. The van der Waals surface area contributed by atoms with E-state index < -0.39 is 11.7 Å². The summed E-state index contributed by atoms with van der Waals surface area (Å²) in [6.07, 6.45) is -1.02. The van der Waals surface area contributed by atoms with Gasteiger partial charge in [-0.05, 0) is 48.0 Å². The van der Waals surface area contributed by atoms with Crippen LogP contribution in [-0.4, -0.2) is 21.9 Å². The molecule has 0 saturated carbocycles. The predicted octanol–water partition coefficient (Wildman–Crippen LogP) is 6.69. The van der Waals surface area contributed by atoms with Crippen molar-refractivity contribution in [1.82, 2.24) is 9.47 Å². The van der Waals surface area contributed by atoms with Gasteiger partial charge in [-0.15, -0.1) is 6.58 Å². The highest BCUT2D eigenvalue weighted by Crippen LogP contribution is 2.30. The second kappa shape index (κ2) is 9.62. The molecule has 8 heteroatoms. The minimum absolute atomic E-state index is 0.245. The van der Waals surface area contributed by atoms with Crippen molar-refractivity contribution >= 4 is 29.1 Å². The summed E-state index contributed by atoms with van der Waals surface area (Å²) in [7, 11) is 0. The Hall–Kier alpha value is -2.70. The predicted molar refractivity (Wildman–Crippen MR) is 116 cm³/mol. The van der Waals surface area contributed by atoms with E-state index in [0.29, 0.717) is 16.1 Å². The molecule has 1 amide bonds. The minimum Gasteiger partial charge on any atom is -0.345 e. The second-order valence-electron chi connectivity index (χ2n) is 6.93. The fourth-order valence-electron chi connectivity index (χ4n) is 3.17. The standard InChI is InChI=1S/C23H19Cl2F3N2O/c1-2-10-30(22(31)17-8-9-20(24)21(25)13-17)15-19-7-4-11-29(19)14-16-5-3-6-18(12-16)23(26,27)28/h2-9,11-13H,1,10,14-15H2. The number of hydrogen-bond donors (Lipinski definition) is 0. The molecule has 1 aromatic heterocycles. The Morgan fingerprint density at radius 2 is 1.84 bits per heavy atom. The van der Waals surface area contributed by atoms with Crippen molar-refractivity contribution in [3.8, 4) is 0 Å². The van der Waals surface area contributed by atoms with Gasteiger partial charge in [-0.1, -0.05) is 41.4 Å². The van der Waals surface area contributed by atoms with Crippen molar-refractivity contribution in [2.24, 2.45) is 0 Å². The molecule has 0 radical (unpaired) electrons. The molecule has 3 nitrogen and oxygen atoms in total. The SMILES string of the molecule is C=CCN(Cc1cccn1Cc1cccc(C(F)(F)F)c1)C(=O)c1ccc(Cl)c(Cl)c1. The molecule has 0 bridgehead atoms. The lowest BCUT2D eigenvalue weighted by Crippen LogP contribution is -2.31. The number of hydrogen-bond acceptors (Lipinski definition) is 1. The first-order valence-corrected chi connectivity index (χ1v) is 10.1. The van der Waals surface area contributed by atoms with Crippen LogP contribution in [0, 0.1) is 0 Å². The summed E-state index contributed by atoms with van der Waals surface area (Å²) in [4.78, 5) is 14.6. The summed E-state index contributed by atoms with van der Waals surface area (Å²) < 4.78 is 40.8. The average molecular weight is 467 g/mol. The van der Waals surface area contributed by atoms with Crippen LogP contribution in [0.2, 0.25) is 10.0 Å². The quantitative estimate of drug-likeness (QED) is 0.356. The molecule has 162 valence electrons. The van der Waals surface area contributed by atoms with E-state index in [1.807, 2.05) is 10.6 Å². The van der Waals surface area contributed by atoms with E-state index >= 15 is 0 Å². The Labute approximate surface area is 188 Å². The van der Waals surface area contributed by atoms with E-state index in [4.69, 9.17) is 23.2 Å². The summed E-state index contributed by atoms with van der Waals surface area (Å²) in [5, 5.41) is 0.627. The molecular formula is C23H19Cl2F3N2O. The number of nitrogens with zero attached hydrogens (tertiary/aromatic N) is 2. The molecule has 0 atom stereocenters. The van der Waals surface area contributed by atoms with Crippen molar-refractivity contribution in [2.45, 2.75) is 19.3 Å². The van der Waals surface area contributed by atoms with Crippen LogP contribution in [0.15, 0.2) is 73.4 Å². The van der Waals surface area contributed by atoms with Crippen LogP contribution in [0.3, 0.4) is 0 Å². The van der Waals surface area contributed by atoms with Gasteiger partial charge in [0.15, 0.2) is 0 Å². The normalized spacial score (nSPS) is 11.4. The molecule has 0 aliphatic carbocycles. The maximum atomic E-state index is 13.0. The van der Waals surface area contributed by atoms with Crippen LogP contribution in [0.1, 0.15) is 27.2 Å². The van der Waals surface area contributed by atoms with E-state index in [1.54, 1.807) is 41.4 Å². The van der Waals surface area contributed by atoms with Gasteiger partial charge in [0.2, 0.25) is 0 Å². The van der Waals surface area contributed by atoms with Crippen LogP contribution < -0.4 is 0 Å². The Morgan fingerprint density at radius 1 is 1.06 bits per heavy atom. The average Bonchev–Trinajstić information content (AvgIpc) is 3.15. The molecule has 31 heavy (non-hydrogen) atoms. The third-order valence-corrected chi connectivity index (χ3v) is 5.43. The number of benzene rings is 2. The van der Waals surface area contributed by atoms with Gasteiger partial charge < -0.3 is 9.47 Å². The molecule has 3 rings (SSSR count). The summed E-state index contributed by atoms with van der Waals surface area (Å²) in [5.41, 5.74) is 0.972. The Kier molecular flexibility index (Phi) is 7.13. The van der Waals surface area contributed by atoms with Gasteiger partial charge in [-0.3, -0.25) is 4.79 Å². The lowest BCUT2D eigenvalue weighted by atomic mass is 10.1. The Balaban J connectivity index is 1.82. The summed E-state index contributed by atoms with van der Waals surface area (Å²) in [6.45, 7) is 4.48. The van der Waals surface area contributed by atoms with E-state index in [1.165, 1.54) is 12.1 Å². The zero-order valence-electron chi connectivity index (χ0n) is 16.4. The van der Waals surface area contributed by atoms with Crippen LogP contribution in [0.4, 0.5) is 13.2 Å². The van der Waals surface area contributed by atoms with Crippen LogP contribution in [0.5, 0.6) is 0 Å². The fourth-order valence-corrected chi connectivity index (χ4v) is 3.47. The van der Waals surface area contributed by atoms with E-state index in [9.17, 15) is 18.0 Å². The third-order valence-electron chi connectivity index (χ3n) is 4.69. The van der Waals surface area contributed by atoms with Crippen molar-refractivity contribution in [1.29, 1.82) is 0 Å². The van der Waals surface area contributed by atoms with E-state index in [2.05, 4.69) is 6.58 Å². The van der Waals surface area contributed by atoms with Crippen molar-refractivity contribution in [3.05, 3.63) is 106 Å². The number of aromatic nitrogens is 1. The van der Waals surface area contributed by atoms with Crippen LogP contribution in [-0.2, 0) is 19.3 Å². The first kappa shape index (κ1) is 23.0. The molecule has 0 aliphatic rings. The highest BCUT2D eigenvalue weighted by Gasteiger charge is 2.30. The maximum Gasteiger partial charge on any atom is 0.416 e. The van der Waals surface area contributed by atoms with Gasteiger partial charge in [0.25, 0.3) is 5.91 Å². The van der Waals surface area contributed by atoms with E-state index in [0.717, 1.165) is 17.8 Å².